The Morgan fingerprint density at radius 3 is 2.52 bits per heavy atom. The molecule has 0 heterocycles. The lowest BCUT2D eigenvalue weighted by Crippen LogP contribution is -2.01. The third kappa shape index (κ3) is 3.95. The van der Waals surface area contributed by atoms with Crippen LogP contribution in [-0.4, -0.2) is 7.11 Å². The van der Waals surface area contributed by atoms with Crippen LogP contribution in [0.25, 0.3) is 0 Å². The van der Waals surface area contributed by atoms with E-state index in [9.17, 15) is 8.78 Å². The zero-order chi connectivity index (χ0) is 15.4. The van der Waals surface area contributed by atoms with Crippen molar-refractivity contribution >= 4 is 31.9 Å². The first-order valence-electron chi connectivity index (χ1n) is 6.04. The maximum absolute atomic E-state index is 13.6. The van der Waals surface area contributed by atoms with E-state index >= 15 is 0 Å². The highest BCUT2D eigenvalue weighted by Gasteiger charge is 2.13. The fourth-order valence-corrected chi connectivity index (χ4v) is 2.71. The summed E-state index contributed by atoms with van der Waals surface area (Å²) in [6.07, 6.45) is 0. The zero-order valence-corrected chi connectivity index (χ0v) is 14.3. The number of hydrogen-bond acceptors (Lipinski definition) is 2. The highest BCUT2D eigenvalue weighted by atomic mass is 79.9. The summed E-state index contributed by atoms with van der Waals surface area (Å²) in [6.45, 7) is -0.0191. The summed E-state index contributed by atoms with van der Waals surface area (Å²) in [7, 11) is 1.53. The Labute approximate surface area is 138 Å². The van der Waals surface area contributed by atoms with Crippen LogP contribution in [0.3, 0.4) is 0 Å². The Morgan fingerprint density at radius 1 is 1.14 bits per heavy atom. The maximum Gasteiger partial charge on any atom is 0.175 e. The van der Waals surface area contributed by atoms with Crippen molar-refractivity contribution in [1.82, 2.24) is 0 Å². The van der Waals surface area contributed by atoms with Gasteiger partial charge in [0.2, 0.25) is 0 Å². The minimum atomic E-state index is -0.637. The van der Waals surface area contributed by atoms with Crippen LogP contribution >= 0.6 is 31.9 Å². The van der Waals surface area contributed by atoms with Crippen molar-refractivity contribution < 1.29 is 18.3 Å². The molecule has 6 heteroatoms. The van der Waals surface area contributed by atoms with Crippen molar-refractivity contribution in [1.29, 1.82) is 0 Å². The van der Waals surface area contributed by atoms with E-state index in [1.807, 2.05) is 12.1 Å². The Balaban J connectivity index is 2.23. The number of halogens is 4. The van der Waals surface area contributed by atoms with E-state index in [1.165, 1.54) is 19.2 Å². The third-order valence-corrected chi connectivity index (χ3v) is 4.07. The molecule has 0 bridgehead atoms. The number of ether oxygens (including phenoxy) is 2. The molecule has 0 atom stereocenters. The average molecular weight is 422 g/mol. The number of alkyl halides is 1. The molecule has 0 aliphatic heterocycles. The molecule has 0 aliphatic rings. The smallest absolute Gasteiger partial charge is 0.175 e. The van der Waals surface area contributed by atoms with Crippen LogP contribution in [0.4, 0.5) is 8.78 Å². The number of benzene rings is 2. The predicted octanol–water partition coefficient (Wildman–Crippen LogP) is 5.21. The molecule has 0 spiro atoms. The van der Waals surface area contributed by atoms with Crippen molar-refractivity contribution in [3.63, 3.8) is 0 Å². The van der Waals surface area contributed by atoms with Gasteiger partial charge < -0.3 is 9.47 Å². The number of rotatable bonds is 5. The average Bonchev–Trinajstić information content (AvgIpc) is 2.46. The SMILES string of the molecule is COc1cc(CBr)cc(Br)c1OCc1ccc(F)cc1F. The Bertz CT molecular complexity index is 648. The molecular weight excluding hydrogens is 410 g/mol. The molecule has 0 fully saturated rings. The molecule has 0 aromatic heterocycles. The summed E-state index contributed by atoms with van der Waals surface area (Å²) in [6, 6.07) is 7.10. The van der Waals surface area contributed by atoms with Crippen molar-refractivity contribution in [2.45, 2.75) is 11.9 Å². The second-order valence-corrected chi connectivity index (χ2v) is 5.68. The summed E-state index contributed by atoms with van der Waals surface area (Å²) in [5.41, 5.74) is 1.29. The van der Waals surface area contributed by atoms with Crippen LogP contribution in [0.2, 0.25) is 0 Å². The highest BCUT2D eigenvalue weighted by molar-refractivity contribution is 9.10. The quantitative estimate of drug-likeness (QED) is 0.617. The highest BCUT2D eigenvalue weighted by Crippen LogP contribution is 2.37. The standard InChI is InChI=1S/C15H12Br2F2O2/c1-20-14-5-9(7-16)4-12(17)15(14)21-8-10-2-3-11(18)6-13(10)19/h2-6H,7-8H2,1H3. The lowest BCUT2D eigenvalue weighted by atomic mass is 10.2. The molecule has 2 nitrogen and oxygen atoms in total. The fourth-order valence-electron chi connectivity index (χ4n) is 1.78. The summed E-state index contributed by atoms with van der Waals surface area (Å²) < 4.78 is 38.0. The van der Waals surface area contributed by atoms with Gasteiger partial charge in [-0.25, -0.2) is 8.78 Å². The van der Waals surface area contributed by atoms with Gasteiger partial charge in [0, 0.05) is 17.0 Å². The van der Waals surface area contributed by atoms with E-state index < -0.39 is 11.6 Å². The Morgan fingerprint density at radius 2 is 1.90 bits per heavy atom. The minimum Gasteiger partial charge on any atom is -0.493 e. The number of hydrogen-bond donors (Lipinski definition) is 0. The molecule has 0 N–H and O–H groups in total. The first-order chi connectivity index (χ1) is 10.0. The predicted molar refractivity (Wildman–Crippen MR) is 84.0 cm³/mol. The van der Waals surface area contributed by atoms with Crippen molar-refractivity contribution in [3.05, 3.63) is 57.6 Å². The topological polar surface area (TPSA) is 18.5 Å². The van der Waals surface area contributed by atoms with Gasteiger partial charge in [-0.3, -0.25) is 0 Å². The molecule has 112 valence electrons. The van der Waals surface area contributed by atoms with Crippen LogP contribution < -0.4 is 9.47 Å². The fraction of sp³-hybridized carbons (Fsp3) is 0.200. The Hall–Kier alpha value is -1.14. The van der Waals surface area contributed by atoms with Crippen LogP contribution in [0.5, 0.6) is 11.5 Å². The van der Waals surface area contributed by atoms with E-state index in [0.717, 1.165) is 11.6 Å². The molecule has 0 saturated carbocycles. The molecule has 21 heavy (non-hydrogen) atoms. The van der Waals surface area contributed by atoms with Gasteiger partial charge in [0.15, 0.2) is 11.5 Å². The van der Waals surface area contributed by atoms with Gasteiger partial charge in [-0.05, 0) is 45.8 Å². The van der Waals surface area contributed by atoms with Gasteiger partial charge in [-0.15, -0.1) is 0 Å². The summed E-state index contributed by atoms with van der Waals surface area (Å²) in [5, 5.41) is 0.675. The molecular formula is C15H12Br2F2O2. The Kier molecular flexibility index (Phi) is 5.58. The minimum absolute atomic E-state index is 0.0191. The zero-order valence-electron chi connectivity index (χ0n) is 11.1. The van der Waals surface area contributed by atoms with Crippen molar-refractivity contribution in [3.8, 4) is 11.5 Å². The van der Waals surface area contributed by atoms with Gasteiger partial charge in [0.1, 0.15) is 18.2 Å². The van der Waals surface area contributed by atoms with E-state index in [0.29, 0.717) is 21.3 Å². The number of methoxy groups -OCH3 is 1. The van der Waals surface area contributed by atoms with Gasteiger partial charge in [-0.2, -0.15) is 0 Å². The summed E-state index contributed by atoms with van der Waals surface area (Å²) in [5.74, 6) is -0.230. The molecule has 0 unspecified atom stereocenters. The lowest BCUT2D eigenvalue weighted by molar-refractivity contribution is 0.277. The van der Waals surface area contributed by atoms with Gasteiger partial charge in [-0.1, -0.05) is 15.9 Å². The van der Waals surface area contributed by atoms with Crippen molar-refractivity contribution in [2.75, 3.05) is 7.11 Å². The molecule has 2 aromatic carbocycles. The van der Waals surface area contributed by atoms with E-state index in [1.54, 1.807) is 0 Å². The van der Waals surface area contributed by atoms with E-state index in [2.05, 4.69) is 31.9 Å². The van der Waals surface area contributed by atoms with Crippen molar-refractivity contribution in [2.24, 2.45) is 0 Å². The van der Waals surface area contributed by atoms with Gasteiger partial charge in [0.25, 0.3) is 0 Å². The third-order valence-electron chi connectivity index (χ3n) is 2.83. The first-order valence-corrected chi connectivity index (χ1v) is 7.95. The molecule has 0 saturated heterocycles. The van der Waals surface area contributed by atoms with Crippen LogP contribution in [0.15, 0.2) is 34.8 Å². The van der Waals surface area contributed by atoms with E-state index in [-0.39, 0.29) is 12.2 Å². The first kappa shape index (κ1) is 16.2. The monoisotopic (exact) mass is 420 g/mol. The molecule has 0 amide bonds. The molecule has 2 aromatic rings. The van der Waals surface area contributed by atoms with Crippen LogP contribution in [-0.2, 0) is 11.9 Å². The second-order valence-electron chi connectivity index (χ2n) is 4.27. The summed E-state index contributed by atoms with van der Waals surface area (Å²) in [4.78, 5) is 0. The lowest BCUT2D eigenvalue weighted by Gasteiger charge is -2.14. The van der Waals surface area contributed by atoms with Gasteiger partial charge in [0.05, 0.1) is 11.6 Å². The largest absolute Gasteiger partial charge is 0.493 e. The van der Waals surface area contributed by atoms with Crippen LogP contribution in [0.1, 0.15) is 11.1 Å². The molecule has 2 rings (SSSR count). The van der Waals surface area contributed by atoms with Crippen LogP contribution in [0, 0.1) is 11.6 Å². The maximum atomic E-state index is 13.6. The van der Waals surface area contributed by atoms with Gasteiger partial charge >= 0.3 is 0 Å². The summed E-state index contributed by atoms with van der Waals surface area (Å²) >= 11 is 6.77. The van der Waals surface area contributed by atoms with E-state index in [4.69, 9.17) is 9.47 Å². The normalized spacial score (nSPS) is 10.5. The second kappa shape index (κ2) is 7.22. The molecule has 0 radical (unpaired) electrons. The molecule has 0 aliphatic carbocycles.